The smallest absolute Gasteiger partial charge is 0.179 e. The predicted octanol–water partition coefficient (Wildman–Crippen LogP) is 4.27. The van der Waals surface area contributed by atoms with Gasteiger partial charge in [0.05, 0.1) is 19.2 Å². The summed E-state index contributed by atoms with van der Waals surface area (Å²) >= 11 is 6.43. The van der Waals surface area contributed by atoms with E-state index in [1.807, 2.05) is 12.1 Å². The summed E-state index contributed by atoms with van der Waals surface area (Å²) in [6, 6.07) is 4.49. The van der Waals surface area contributed by atoms with Crippen molar-refractivity contribution in [3.8, 4) is 11.5 Å². The molecule has 1 aromatic carbocycles. The average Bonchev–Trinajstić information content (AvgIpc) is 2.47. The molecule has 0 heterocycles. The Labute approximate surface area is 133 Å². The highest BCUT2D eigenvalue weighted by Gasteiger charge is 2.25. The lowest BCUT2D eigenvalue weighted by atomic mass is 9.80. The quantitative estimate of drug-likeness (QED) is 0.881. The summed E-state index contributed by atoms with van der Waals surface area (Å²) in [5.74, 6) is 2.85. The number of ether oxygens (including phenoxy) is 2. The summed E-state index contributed by atoms with van der Waals surface area (Å²) < 4.78 is 10.6. The van der Waals surface area contributed by atoms with E-state index < -0.39 is 0 Å². The summed E-state index contributed by atoms with van der Waals surface area (Å²) in [4.78, 5) is 0. The number of benzene rings is 1. The molecule has 0 bridgehead atoms. The average molecular weight is 312 g/mol. The fraction of sp³-hybridized carbons (Fsp3) is 0.647. The number of rotatable bonds is 5. The first kappa shape index (κ1) is 16.4. The zero-order valence-corrected chi connectivity index (χ0v) is 14.2. The Bertz CT molecular complexity index is 478. The van der Waals surface area contributed by atoms with Gasteiger partial charge in [-0.05, 0) is 42.7 Å². The molecule has 0 spiro atoms. The van der Waals surface area contributed by atoms with E-state index in [9.17, 15) is 0 Å². The van der Waals surface area contributed by atoms with Crippen LogP contribution in [0.2, 0.25) is 5.02 Å². The molecule has 1 aliphatic rings. The van der Waals surface area contributed by atoms with Crippen LogP contribution in [0.5, 0.6) is 11.5 Å². The minimum Gasteiger partial charge on any atom is -0.493 e. The van der Waals surface area contributed by atoms with Crippen molar-refractivity contribution in [1.29, 1.82) is 0 Å². The lowest BCUT2D eigenvalue weighted by Gasteiger charge is -2.33. The monoisotopic (exact) mass is 311 g/mol. The minimum atomic E-state index is 0.574. The Kier molecular flexibility index (Phi) is 5.77. The van der Waals surface area contributed by atoms with Crippen molar-refractivity contribution in [2.75, 3.05) is 14.2 Å². The van der Waals surface area contributed by atoms with Crippen molar-refractivity contribution < 1.29 is 9.47 Å². The molecular formula is C17H26ClNO2. The van der Waals surface area contributed by atoms with Gasteiger partial charge < -0.3 is 14.8 Å². The second-order valence-electron chi connectivity index (χ2n) is 6.16. The summed E-state index contributed by atoms with van der Waals surface area (Å²) in [7, 11) is 3.24. The van der Waals surface area contributed by atoms with Gasteiger partial charge in [0.25, 0.3) is 0 Å². The Hall–Kier alpha value is -0.930. The van der Waals surface area contributed by atoms with Crippen LogP contribution in [0, 0.1) is 11.8 Å². The van der Waals surface area contributed by atoms with Crippen molar-refractivity contribution in [3.05, 3.63) is 22.7 Å². The molecule has 1 N–H and O–H groups in total. The van der Waals surface area contributed by atoms with Crippen molar-refractivity contribution in [2.45, 2.75) is 45.7 Å². The molecule has 3 unspecified atom stereocenters. The van der Waals surface area contributed by atoms with E-state index in [4.69, 9.17) is 21.1 Å². The molecule has 0 aromatic heterocycles. The van der Waals surface area contributed by atoms with Crippen LogP contribution in [0.1, 0.15) is 38.7 Å². The van der Waals surface area contributed by atoms with Crippen LogP contribution in [0.4, 0.5) is 0 Å². The first-order valence-corrected chi connectivity index (χ1v) is 8.07. The fourth-order valence-electron chi connectivity index (χ4n) is 3.28. The predicted molar refractivity (Wildman–Crippen MR) is 87.4 cm³/mol. The summed E-state index contributed by atoms with van der Waals surface area (Å²) in [6.07, 6.45) is 3.85. The highest BCUT2D eigenvalue weighted by Crippen LogP contribution is 2.37. The number of nitrogens with one attached hydrogen (secondary N) is 1. The van der Waals surface area contributed by atoms with Gasteiger partial charge >= 0.3 is 0 Å². The van der Waals surface area contributed by atoms with Gasteiger partial charge in [-0.25, -0.2) is 0 Å². The lowest BCUT2D eigenvalue weighted by Crippen LogP contribution is -2.38. The zero-order valence-electron chi connectivity index (χ0n) is 13.4. The first-order chi connectivity index (χ1) is 10.1. The summed E-state index contributed by atoms with van der Waals surface area (Å²) in [5.41, 5.74) is 1.06. The SMILES string of the molecule is COc1ccc(CNC2CCC(C)CC2C)c(Cl)c1OC. The minimum absolute atomic E-state index is 0.574. The van der Waals surface area contributed by atoms with Gasteiger partial charge in [-0.3, -0.25) is 0 Å². The molecule has 1 aliphatic carbocycles. The van der Waals surface area contributed by atoms with Crippen LogP contribution in [-0.4, -0.2) is 20.3 Å². The van der Waals surface area contributed by atoms with Crippen molar-refractivity contribution in [3.63, 3.8) is 0 Å². The van der Waals surface area contributed by atoms with Crippen LogP contribution in [0.3, 0.4) is 0 Å². The van der Waals surface area contributed by atoms with Crippen molar-refractivity contribution in [2.24, 2.45) is 11.8 Å². The van der Waals surface area contributed by atoms with E-state index in [-0.39, 0.29) is 0 Å². The number of hydrogen-bond acceptors (Lipinski definition) is 3. The maximum Gasteiger partial charge on any atom is 0.179 e. The van der Waals surface area contributed by atoms with E-state index >= 15 is 0 Å². The lowest BCUT2D eigenvalue weighted by molar-refractivity contribution is 0.227. The maximum atomic E-state index is 6.43. The second kappa shape index (κ2) is 7.37. The highest BCUT2D eigenvalue weighted by atomic mass is 35.5. The van der Waals surface area contributed by atoms with E-state index in [0.29, 0.717) is 28.5 Å². The van der Waals surface area contributed by atoms with Gasteiger partial charge in [-0.1, -0.05) is 31.5 Å². The Morgan fingerprint density at radius 3 is 2.57 bits per heavy atom. The molecule has 4 heteroatoms. The van der Waals surface area contributed by atoms with Crippen LogP contribution in [0.25, 0.3) is 0 Å². The molecule has 2 rings (SSSR count). The van der Waals surface area contributed by atoms with Crippen LogP contribution in [-0.2, 0) is 6.54 Å². The van der Waals surface area contributed by atoms with Gasteiger partial charge in [0, 0.05) is 12.6 Å². The van der Waals surface area contributed by atoms with Gasteiger partial charge in [0.2, 0.25) is 0 Å². The molecule has 1 saturated carbocycles. The number of halogens is 1. The summed E-state index contributed by atoms with van der Waals surface area (Å²) in [5, 5.41) is 4.30. The van der Waals surface area contributed by atoms with E-state index in [0.717, 1.165) is 18.0 Å². The number of methoxy groups -OCH3 is 2. The molecule has 0 aliphatic heterocycles. The van der Waals surface area contributed by atoms with Crippen LogP contribution >= 0.6 is 11.6 Å². The van der Waals surface area contributed by atoms with E-state index in [1.165, 1.54) is 19.3 Å². The molecule has 1 fully saturated rings. The Morgan fingerprint density at radius 2 is 1.95 bits per heavy atom. The zero-order chi connectivity index (χ0) is 15.4. The van der Waals surface area contributed by atoms with Crippen LogP contribution < -0.4 is 14.8 Å². The largest absolute Gasteiger partial charge is 0.493 e. The molecule has 3 nitrogen and oxygen atoms in total. The molecule has 3 atom stereocenters. The summed E-state index contributed by atoms with van der Waals surface area (Å²) in [6.45, 7) is 5.45. The molecule has 0 saturated heterocycles. The molecule has 1 aromatic rings. The standard InChI is InChI=1S/C17H26ClNO2/c1-11-5-7-14(12(2)9-11)19-10-13-6-8-15(20-3)17(21-4)16(13)18/h6,8,11-12,14,19H,5,7,9-10H2,1-4H3. The van der Waals surface area contributed by atoms with E-state index in [1.54, 1.807) is 14.2 Å². The third-order valence-corrected chi connectivity index (χ3v) is 4.97. The molecular weight excluding hydrogens is 286 g/mol. The highest BCUT2D eigenvalue weighted by molar-refractivity contribution is 6.33. The molecule has 0 radical (unpaired) electrons. The number of hydrogen-bond donors (Lipinski definition) is 1. The molecule has 0 amide bonds. The van der Waals surface area contributed by atoms with Crippen molar-refractivity contribution >= 4 is 11.6 Å². The van der Waals surface area contributed by atoms with Gasteiger partial charge in [0.1, 0.15) is 0 Å². The second-order valence-corrected chi connectivity index (χ2v) is 6.54. The molecule has 21 heavy (non-hydrogen) atoms. The fourth-order valence-corrected chi connectivity index (χ4v) is 3.58. The maximum absolute atomic E-state index is 6.43. The normalized spacial score (nSPS) is 25.7. The first-order valence-electron chi connectivity index (χ1n) is 7.69. The van der Waals surface area contributed by atoms with Crippen molar-refractivity contribution in [1.82, 2.24) is 5.32 Å². The topological polar surface area (TPSA) is 30.5 Å². The van der Waals surface area contributed by atoms with Gasteiger partial charge in [0.15, 0.2) is 11.5 Å². The van der Waals surface area contributed by atoms with E-state index in [2.05, 4.69) is 19.2 Å². The third-order valence-electron chi connectivity index (χ3n) is 4.55. The Balaban J connectivity index is 2.03. The Morgan fingerprint density at radius 1 is 1.19 bits per heavy atom. The van der Waals surface area contributed by atoms with Gasteiger partial charge in [-0.15, -0.1) is 0 Å². The van der Waals surface area contributed by atoms with Gasteiger partial charge in [-0.2, -0.15) is 0 Å². The molecule has 118 valence electrons. The van der Waals surface area contributed by atoms with Crippen LogP contribution in [0.15, 0.2) is 12.1 Å². The third kappa shape index (κ3) is 3.83.